The number of likely N-dealkylation sites (tertiary alicyclic amines) is 1. The fourth-order valence-electron chi connectivity index (χ4n) is 2.80. The second-order valence-corrected chi connectivity index (χ2v) is 4.66. The number of rotatable bonds is 1. The third-order valence-electron chi connectivity index (χ3n) is 3.71. The summed E-state index contributed by atoms with van der Waals surface area (Å²) in [5.41, 5.74) is 0.671. The van der Waals surface area contributed by atoms with Gasteiger partial charge in [-0.1, -0.05) is 0 Å². The average Bonchev–Trinajstić information content (AvgIpc) is 2.98. The molecule has 0 bridgehead atoms. The molecule has 2 atom stereocenters. The molecule has 3 heterocycles. The summed E-state index contributed by atoms with van der Waals surface area (Å²) in [6.07, 6.45) is 5.35. The third kappa shape index (κ3) is 1.63. The second kappa shape index (κ2) is 3.94. The Labute approximate surface area is 94.6 Å². The van der Waals surface area contributed by atoms with Crippen LogP contribution in [0.5, 0.6) is 0 Å². The number of hydrogen-bond acceptors (Lipinski definition) is 3. The van der Waals surface area contributed by atoms with Gasteiger partial charge in [-0.15, -0.1) is 0 Å². The molecule has 1 aromatic rings. The largest absolute Gasteiger partial charge is 0.472 e. The molecule has 1 amide bonds. The van der Waals surface area contributed by atoms with Crippen LogP contribution in [0.1, 0.15) is 23.2 Å². The van der Waals surface area contributed by atoms with Gasteiger partial charge in [0.25, 0.3) is 5.91 Å². The summed E-state index contributed by atoms with van der Waals surface area (Å²) in [5.74, 6) is 0.753. The number of carbonyl (C=O) groups excluding carboxylic acids is 1. The number of amides is 1. The molecule has 0 aromatic carbocycles. The first-order valence-electron chi connectivity index (χ1n) is 5.89. The average molecular weight is 220 g/mol. The first kappa shape index (κ1) is 9.90. The third-order valence-corrected chi connectivity index (χ3v) is 3.71. The summed E-state index contributed by atoms with van der Waals surface area (Å²) in [6, 6.07) is 2.37. The summed E-state index contributed by atoms with van der Waals surface area (Å²) >= 11 is 0. The van der Waals surface area contributed by atoms with Crippen LogP contribution in [-0.2, 0) is 0 Å². The Morgan fingerprint density at radius 1 is 1.50 bits per heavy atom. The molecule has 86 valence electrons. The maximum atomic E-state index is 12.1. The van der Waals surface area contributed by atoms with Gasteiger partial charge < -0.3 is 14.6 Å². The predicted octanol–water partition coefficient (Wildman–Crippen LogP) is 1.10. The van der Waals surface area contributed by atoms with Gasteiger partial charge in [0.2, 0.25) is 0 Å². The molecule has 0 aliphatic carbocycles. The second-order valence-electron chi connectivity index (χ2n) is 4.66. The van der Waals surface area contributed by atoms with E-state index in [1.165, 1.54) is 12.7 Å². The van der Waals surface area contributed by atoms with Crippen molar-refractivity contribution in [3.8, 4) is 0 Å². The minimum absolute atomic E-state index is 0.110. The van der Waals surface area contributed by atoms with Gasteiger partial charge in [-0.3, -0.25) is 4.79 Å². The molecule has 2 saturated heterocycles. The maximum absolute atomic E-state index is 12.1. The molecule has 0 saturated carbocycles. The number of piperidine rings is 1. The highest BCUT2D eigenvalue weighted by molar-refractivity contribution is 5.93. The maximum Gasteiger partial charge on any atom is 0.257 e. The van der Waals surface area contributed by atoms with Gasteiger partial charge in [0.15, 0.2) is 0 Å². The lowest BCUT2D eigenvalue weighted by Gasteiger charge is -2.34. The molecule has 4 heteroatoms. The topological polar surface area (TPSA) is 45.5 Å². The smallest absolute Gasteiger partial charge is 0.257 e. The van der Waals surface area contributed by atoms with Crippen LogP contribution in [0.3, 0.4) is 0 Å². The Balaban J connectivity index is 1.70. The highest BCUT2D eigenvalue weighted by Gasteiger charge is 2.34. The lowest BCUT2D eigenvalue weighted by Crippen LogP contribution is -2.46. The molecule has 4 nitrogen and oxygen atoms in total. The zero-order valence-electron chi connectivity index (χ0n) is 9.19. The van der Waals surface area contributed by atoms with Crippen molar-refractivity contribution < 1.29 is 9.21 Å². The Kier molecular flexibility index (Phi) is 2.44. The van der Waals surface area contributed by atoms with E-state index in [0.717, 1.165) is 26.1 Å². The van der Waals surface area contributed by atoms with Crippen LogP contribution in [0.2, 0.25) is 0 Å². The zero-order chi connectivity index (χ0) is 11.0. The normalized spacial score (nSPS) is 29.1. The van der Waals surface area contributed by atoms with Crippen molar-refractivity contribution in [3.63, 3.8) is 0 Å². The van der Waals surface area contributed by atoms with E-state index in [2.05, 4.69) is 5.32 Å². The molecule has 0 spiro atoms. The number of hydrogen-bond donors (Lipinski definition) is 1. The molecule has 2 fully saturated rings. The minimum atomic E-state index is 0.110. The molecule has 2 aliphatic heterocycles. The van der Waals surface area contributed by atoms with Gasteiger partial charge in [-0.05, 0) is 31.4 Å². The Bertz CT molecular complexity index is 374. The van der Waals surface area contributed by atoms with E-state index in [1.807, 2.05) is 4.90 Å². The van der Waals surface area contributed by atoms with Crippen LogP contribution in [0.25, 0.3) is 0 Å². The number of furan rings is 1. The van der Waals surface area contributed by atoms with Crippen molar-refractivity contribution in [1.29, 1.82) is 0 Å². The van der Waals surface area contributed by atoms with Crippen LogP contribution in [-0.4, -0.2) is 36.5 Å². The summed E-state index contributed by atoms with van der Waals surface area (Å²) in [5, 5.41) is 3.50. The lowest BCUT2D eigenvalue weighted by atomic mass is 9.93. The summed E-state index contributed by atoms with van der Waals surface area (Å²) in [4.78, 5) is 14.1. The summed E-state index contributed by atoms with van der Waals surface area (Å²) in [7, 11) is 0. The standard InChI is InChI=1S/C12H16N2O2/c15-12(10-3-6-16-8-10)14-5-2-11-9(7-14)1-4-13-11/h3,6,8-9,11,13H,1-2,4-5,7H2. The molecule has 1 N–H and O–H groups in total. The highest BCUT2D eigenvalue weighted by Crippen LogP contribution is 2.25. The van der Waals surface area contributed by atoms with Gasteiger partial charge in [0.05, 0.1) is 11.8 Å². The van der Waals surface area contributed by atoms with E-state index in [-0.39, 0.29) is 5.91 Å². The molecular formula is C12H16N2O2. The van der Waals surface area contributed by atoms with Crippen molar-refractivity contribution in [2.45, 2.75) is 18.9 Å². The van der Waals surface area contributed by atoms with E-state index >= 15 is 0 Å². The van der Waals surface area contributed by atoms with Gasteiger partial charge in [-0.2, -0.15) is 0 Å². The summed E-state index contributed by atoms with van der Waals surface area (Å²) in [6.45, 7) is 2.85. The van der Waals surface area contributed by atoms with Crippen LogP contribution in [0.4, 0.5) is 0 Å². The van der Waals surface area contributed by atoms with Crippen LogP contribution >= 0.6 is 0 Å². The Morgan fingerprint density at radius 2 is 2.44 bits per heavy atom. The van der Waals surface area contributed by atoms with Gasteiger partial charge in [0.1, 0.15) is 6.26 Å². The van der Waals surface area contributed by atoms with Crippen molar-refractivity contribution in [2.24, 2.45) is 5.92 Å². The van der Waals surface area contributed by atoms with Crippen LogP contribution < -0.4 is 5.32 Å². The SMILES string of the molecule is O=C(c1ccoc1)N1CCC2NCCC2C1. The highest BCUT2D eigenvalue weighted by atomic mass is 16.3. The number of nitrogens with one attached hydrogen (secondary N) is 1. The predicted molar refractivity (Wildman–Crippen MR) is 59.1 cm³/mol. The van der Waals surface area contributed by atoms with E-state index in [4.69, 9.17) is 4.42 Å². The number of fused-ring (bicyclic) bond motifs is 1. The number of nitrogens with zero attached hydrogens (tertiary/aromatic N) is 1. The molecule has 1 aromatic heterocycles. The van der Waals surface area contributed by atoms with Crippen molar-refractivity contribution in [2.75, 3.05) is 19.6 Å². The quantitative estimate of drug-likeness (QED) is 0.771. The van der Waals surface area contributed by atoms with Crippen molar-refractivity contribution in [1.82, 2.24) is 10.2 Å². The van der Waals surface area contributed by atoms with E-state index in [0.29, 0.717) is 17.5 Å². The van der Waals surface area contributed by atoms with E-state index in [9.17, 15) is 4.79 Å². The van der Waals surface area contributed by atoms with Crippen LogP contribution in [0, 0.1) is 5.92 Å². The molecule has 16 heavy (non-hydrogen) atoms. The van der Waals surface area contributed by atoms with Crippen molar-refractivity contribution >= 4 is 5.91 Å². The summed E-state index contributed by atoms with van der Waals surface area (Å²) < 4.78 is 4.95. The molecule has 3 rings (SSSR count). The molecule has 0 radical (unpaired) electrons. The first-order chi connectivity index (χ1) is 7.84. The Morgan fingerprint density at radius 3 is 3.25 bits per heavy atom. The Hall–Kier alpha value is -1.29. The molecule has 2 aliphatic rings. The lowest BCUT2D eigenvalue weighted by molar-refractivity contribution is 0.0661. The van der Waals surface area contributed by atoms with E-state index < -0.39 is 0 Å². The molecular weight excluding hydrogens is 204 g/mol. The fourth-order valence-corrected chi connectivity index (χ4v) is 2.80. The molecule has 2 unspecified atom stereocenters. The minimum Gasteiger partial charge on any atom is -0.472 e. The number of carbonyl (C=O) groups is 1. The zero-order valence-corrected chi connectivity index (χ0v) is 9.19. The first-order valence-corrected chi connectivity index (χ1v) is 5.89. The van der Waals surface area contributed by atoms with Gasteiger partial charge in [-0.25, -0.2) is 0 Å². The van der Waals surface area contributed by atoms with Crippen molar-refractivity contribution in [3.05, 3.63) is 24.2 Å². The van der Waals surface area contributed by atoms with Crippen LogP contribution in [0.15, 0.2) is 23.0 Å². The van der Waals surface area contributed by atoms with E-state index in [1.54, 1.807) is 12.3 Å². The monoisotopic (exact) mass is 220 g/mol. The van der Waals surface area contributed by atoms with Gasteiger partial charge >= 0.3 is 0 Å². The fraction of sp³-hybridized carbons (Fsp3) is 0.583. The van der Waals surface area contributed by atoms with Gasteiger partial charge in [0, 0.05) is 19.1 Å².